The molecule has 0 amide bonds. The second kappa shape index (κ2) is 7.76. The van der Waals surface area contributed by atoms with E-state index < -0.39 is 0 Å². The molecule has 6 rings (SSSR count). The zero-order valence-electron chi connectivity index (χ0n) is 17.5. The van der Waals surface area contributed by atoms with Gasteiger partial charge in [-0.2, -0.15) is 0 Å². The minimum atomic E-state index is -0.107. The van der Waals surface area contributed by atoms with Gasteiger partial charge in [0.25, 0.3) is 0 Å². The summed E-state index contributed by atoms with van der Waals surface area (Å²) in [5, 5.41) is 6.05. The number of hydrogen-bond donors (Lipinski definition) is 1. The average molecular weight is 448 g/mol. The fourth-order valence-electron chi connectivity index (χ4n) is 4.26. The molecule has 4 aromatic rings. The van der Waals surface area contributed by atoms with Crippen LogP contribution in [0.1, 0.15) is 0 Å². The molecule has 0 saturated heterocycles. The molecule has 1 aliphatic heterocycles. The highest BCUT2D eigenvalue weighted by Crippen LogP contribution is 2.33. The molecule has 0 bridgehead atoms. The monoisotopic (exact) mass is 447 g/mol. The maximum absolute atomic E-state index is 13.1. The van der Waals surface area contributed by atoms with Crippen LogP contribution in [-0.4, -0.2) is 9.55 Å². The summed E-state index contributed by atoms with van der Waals surface area (Å²) in [6.07, 6.45) is 0. The number of nitrogens with one attached hydrogen (secondary N) is 1. The lowest BCUT2D eigenvalue weighted by Gasteiger charge is -2.20. The molecule has 1 heterocycles. The van der Waals surface area contributed by atoms with Gasteiger partial charge in [-0.05, 0) is 53.9 Å². The lowest BCUT2D eigenvalue weighted by molar-refractivity contribution is 1.08. The van der Waals surface area contributed by atoms with Crippen molar-refractivity contribution >= 4 is 44.8 Å². The van der Waals surface area contributed by atoms with E-state index in [0.29, 0.717) is 10.7 Å². The molecule has 0 atom stereocenters. The topological polar surface area (TPSA) is 46.9 Å². The number of para-hydroxylation sites is 1. The van der Waals surface area contributed by atoms with Crippen LogP contribution in [0.15, 0.2) is 108 Å². The van der Waals surface area contributed by atoms with Crippen LogP contribution in [0.4, 0.5) is 11.4 Å². The van der Waals surface area contributed by atoms with Gasteiger partial charge in [-0.15, -0.1) is 0 Å². The summed E-state index contributed by atoms with van der Waals surface area (Å²) < 4.78 is 2.11. The summed E-state index contributed by atoms with van der Waals surface area (Å²) in [4.78, 5) is 18.1. The molecule has 158 valence electrons. The third-order valence-electron chi connectivity index (χ3n) is 5.81. The van der Waals surface area contributed by atoms with Crippen molar-refractivity contribution in [3.05, 3.63) is 118 Å². The van der Waals surface area contributed by atoms with E-state index >= 15 is 0 Å². The highest BCUT2D eigenvalue weighted by Gasteiger charge is 2.18. The first-order valence-corrected chi connectivity index (χ1v) is 11.0. The lowest BCUT2D eigenvalue weighted by atomic mass is 10.1. The number of fused-ring (bicyclic) bond motifs is 4. The van der Waals surface area contributed by atoms with Gasteiger partial charge in [0.15, 0.2) is 0 Å². The molecule has 2 aliphatic rings. The molecule has 1 N–H and O–H groups in total. The number of halogens is 1. The Kier molecular flexibility index (Phi) is 4.60. The predicted octanol–water partition coefficient (Wildman–Crippen LogP) is 7.04. The summed E-state index contributed by atoms with van der Waals surface area (Å²) in [7, 11) is 0. The van der Waals surface area contributed by atoms with Crippen LogP contribution in [0, 0.1) is 0 Å². The van der Waals surface area contributed by atoms with Crippen LogP contribution in [0.25, 0.3) is 38.9 Å². The third-order valence-corrected chi connectivity index (χ3v) is 6.06. The first kappa shape index (κ1) is 19.5. The van der Waals surface area contributed by atoms with Crippen molar-refractivity contribution in [1.82, 2.24) is 9.55 Å². The second-order valence-electron chi connectivity index (χ2n) is 7.91. The summed E-state index contributed by atoms with van der Waals surface area (Å²) in [6, 6.07) is 33.2. The molecule has 0 aromatic heterocycles. The molecule has 0 spiro atoms. The molecule has 5 heteroatoms. The van der Waals surface area contributed by atoms with Gasteiger partial charge in [0.2, 0.25) is 5.43 Å². The van der Waals surface area contributed by atoms with Crippen LogP contribution >= 0.6 is 11.6 Å². The maximum atomic E-state index is 13.1. The SMILES string of the molecule is O=c1cc2n(-c3ccccc3)c3ccc4ccccc4c3nc-2cc1Nc1ccc(Cl)cc1. The van der Waals surface area contributed by atoms with Gasteiger partial charge in [-0.25, -0.2) is 4.98 Å². The van der Waals surface area contributed by atoms with Crippen LogP contribution < -0.4 is 10.7 Å². The minimum absolute atomic E-state index is 0.107. The van der Waals surface area contributed by atoms with Crippen molar-refractivity contribution in [2.24, 2.45) is 0 Å². The van der Waals surface area contributed by atoms with Gasteiger partial charge in [0.05, 0.1) is 28.1 Å². The Bertz CT molecular complexity index is 1660. The van der Waals surface area contributed by atoms with E-state index in [4.69, 9.17) is 16.6 Å². The van der Waals surface area contributed by atoms with Gasteiger partial charge in [-0.1, -0.05) is 60.1 Å². The highest BCUT2D eigenvalue weighted by molar-refractivity contribution is 6.30. The van der Waals surface area contributed by atoms with E-state index in [0.717, 1.165) is 44.6 Å². The zero-order chi connectivity index (χ0) is 22.4. The fraction of sp³-hybridized carbons (Fsp3) is 0. The third kappa shape index (κ3) is 3.41. The van der Waals surface area contributed by atoms with Crippen molar-refractivity contribution in [3.8, 4) is 17.1 Å². The number of benzene rings is 5. The molecule has 0 radical (unpaired) electrons. The largest absolute Gasteiger partial charge is 0.352 e. The Balaban J connectivity index is 1.67. The van der Waals surface area contributed by atoms with Gasteiger partial charge < -0.3 is 9.88 Å². The Hall–Kier alpha value is -4.15. The smallest absolute Gasteiger partial charge is 0.204 e. The summed E-state index contributed by atoms with van der Waals surface area (Å²) >= 11 is 6.00. The van der Waals surface area contributed by atoms with Crippen molar-refractivity contribution < 1.29 is 0 Å². The fourth-order valence-corrected chi connectivity index (χ4v) is 4.39. The van der Waals surface area contributed by atoms with E-state index in [1.54, 1.807) is 18.2 Å². The number of nitrogens with zero attached hydrogens (tertiary/aromatic N) is 2. The molecule has 0 saturated carbocycles. The second-order valence-corrected chi connectivity index (χ2v) is 8.34. The molecule has 0 unspecified atom stereocenters. The standard InChI is InChI=1S/C28H18ClN3O/c29-19-11-13-20(14-12-19)30-24-16-23-26(17-27(24)33)32(21-7-2-1-3-8-21)25-15-10-18-6-4-5-9-22(18)28(25)31-23/h1-17,30H. The number of rotatable bonds is 3. The molecular formula is C28H18ClN3O. The zero-order valence-corrected chi connectivity index (χ0v) is 18.3. The van der Waals surface area contributed by atoms with Crippen molar-refractivity contribution in [3.63, 3.8) is 0 Å². The number of hydrogen-bond acceptors (Lipinski definition) is 3. The van der Waals surface area contributed by atoms with E-state index in [-0.39, 0.29) is 5.43 Å². The summed E-state index contributed by atoms with van der Waals surface area (Å²) in [6.45, 7) is 0. The number of aromatic nitrogens is 2. The molecule has 4 nitrogen and oxygen atoms in total. The first-order valence-electron chi connectivity index (χ1n) is 10.6. The molecular weight excluding hydrogens is 430 g/mol. The first-order chi connectivity index (χ1) is 16.2. The Morgan fingerprint density at radius 1 is 0.788 bits per heavy atom. The number of anilines is 2. The van der Waals surface area contributed by atoms with Gasteiger partial charge in [0, 0.05) is 27.8 Å². The van der Waals surface area contributed by atoms with E-state index in [9.17, 15) is 4.79 Å². The van der Waals surface area contributed by atoms with Crippen molar-refractivity contribution in [1.29, 1.82) is 0 Å². The van der Waals surface area contributed by atoms with E-state index in [1.807, 2.05) is 60.7 Å². The van der Waals surface area contributed by atoms with E-state index in [2.05, 4.69) is 34.1 Å². The molecule has 0 fully saturated rings. The van der Waals surface area contributed by atoms with Crippen LogP contribution in [0.3, 0.4) is 0 Å². The Morgan fingerprint density at radius 2 is 1.55 bits per heavy atom. The van der Waals surface area contributed by atoms with Crippen molar-refractivity contribution in [2.45, 2.75) is 0 Å². The predicted molar refractivity (Wildman–Crippen MR) is 136 cm³/mol. The molecule has 1 aliphatic carbocycles. The van der Waals surface area contributed by atoms with Crippen LogP contribution in [-0.2, 0) is 0 Å². The van der Waals surface area contributed by atoms with Crippen molar-refractivity contribution in [2.75, 3.05) is 5.32 Å². The normalized spacial score (nSPS) is 11.3. The summed E-state index contributed by atoms with van der Waals surface area (Å²) in [5.41, 5.74) is 5.46. The highest BCUT2D eigenvalue weighted by atomic mass is 35.5. The molecule has 4 aromatic carbocycles. The summed E-state index contributed by atoms with van der Waals surface area (Å²) in [5.74, 6) is 0. The maximum Gasteiger partial charge on any atom is 0.204 e. The lowest BCUT2D eigenvalue weighted by Crippen LogP contribution is -2.13. The Morgan fingerprint density at radius 3 is 2.36 bits per heavy atom. The van der Waals surface area contributed by atoms with Crippen LogP contribution in [0.2, 0.25) is 5.02 Å². The minimum Gasteiger partial charge on any atom is -0.352 e. The van der Waals surface area contributed by atoms with Gasteiger partial charge in [0.1, 0.15) is 0 Å². The Labute approximate surface area is 195 Å². The average Bonchev–Trinajstić information content (AvgIpc) is 2.85. The van der Waals surface area contributed by atoms with Gasteiger partial charge >= 0.3 is 0 Å². The van der Waals surface area contributed by atoms with E-state index in [1.165, 1.54) is 0 Å². The van der Waals surface area contributed by atoms with Crippen LogP contribution in [0.5, 0.6) is 0 Å². The van der Waals surface area contributed by atoms with Gasteiger partial charge in [-0.3, -0.25) is 4.79 Å². The molecule has 33 heavy (non-hydrogen) atoms. The quantitative estimate of drug-likeness (QED) is 0.234.